The van der Waals surface area contributed by atoms with Crippen LogP contribution < -0.4 is 10.0 Å². The Morgan fingerprint density at radius 1 is 1.43 bits per heavy atom. The lowest BCUT2D eigenvalue weighted by Gasteiger charge is -2.22. The maximum Gasteiger partial charge on any atom is 0.240 e. The predicted molar refractivity (Wildman–Crippen MR) is 89.5 cm³/mol. The molecule has 0 aliphatic carbocycles. The molecular weight excluding hydrogens is 328 g/mol. The number of hydrogen-bond acceptors (Lipinski definition) is 4. The van der Waals surface area contributed by atoms with Crippen LogP contribution in [-0.4, -0.2) is 32.5 Å². The Morgan fingerprint density at radius 2 is 2.19 bits per heavy atom. The maximum absolute atomic E-state index is 12.4. The highest BCUT2D eigenvalue weighted by molar-refractivity contribution is 8.01. The van der Waals surface area contributed by atoms with E-state index in [0.29, 0.717) is 18.1 Å². The van der Waals surface area contributed by atoms with Crippen LogP contribution in [0.5, 0.6) is 0 Å². The SMILES string of the molecule is CNCc1cc(S(=O)(=O)NCC2(C)CCCS2)ccc1Cl. The molecule has 1 atom stereocenters. The van der Waals surface area contributed by atoms with Crippen LogP contribution in [0.4, 0.5) is 0 Å². The van der Waals surface area contributed by atoms with E-state index in [1.807, 2.05) is 11.8 Å². The Kier molecular flexibility index (Phi) is 5.59. The highest BCUT2D eigenvalue weighted by atomic mass is 35.5. The van der Waals surface area contributed by atoms with Crippen LogP contribution in [0.15, 0.2) is 23.1 Å². The minimum atomic E-state index is -3.49. The summed E-state index contributed by atoms with van der Waals surface area (Å²) in [6.07, 6.45) is 2.20. The van der Waals surface area contributed by atoms with Gasteiger partial charge in [-0.1, -0.05) is 11.6 Å². The first-order valence-corrected chi connectivity index (χ1v) is 9.78. The summed E-state index contributed by atoms with van der Waals surface area (Å²) >= 11 is 7.91. The Hall–Kier alpha value is -0.270. The van der Waals surface area contributed by atoms with Crippen LogP contribution in [0.1, 0.15) is 25.3 Å². The first-order chi connectivity index (χ1) is 9.86. The van der Waals surface area contributed by atoms with E-state index >= 15 is 0 Å². The van der Waals surface area contributed by atoms with Gasteiger partial charge in [-0.25, -0.2) is 13.1 Å². The topological polar surface area (TPSA) is 58.2 Å². The third-order valence-corrected chi connectivity index (χ3v) is 6.94. The first-order valence-electron chi connectivity index (χ1n) is 6.93. The molecule has 1 saturated heterocycles. The molecule has 7 heteroatoms. The smallest absolute Gasteiger partial charge is 0.240 e. The highest BCUT2D eigenvalue weighted by Crippen LogP contribution is 2.37. The fourth-order valence-corrected chi connectivity index (χ4v) is 5.09. The Bertz CT molecular complexity index is 599. The number of sulfonamides is 1. The molecule has 118 valence electrons. The second-order valence-corrected chi connectivity index (χ2v) is 9.37. The molecule has 1 aliphatic heterocycles. The van der Waals surface area contributed by atoms with Crippen molar-refractivity contribution in [3.63, 3.8) is 0 Å². The normalized spacial score (nSPS) is 22.6. The molecule has 0 bridgehead atoms. The summed E-state index contributed by atoms with van der Waals surface area (Å²) in [4.78, 5) is 0.267. The van der Waals surface area contributed by atoms with Crippen molar-refractivity contribution in [2.24, 2.45) is 0 Å². The third-order valence-electron chi connectivity index (χ3n) is 3.63. The molecule has 0 amide bonds. The third kappa shape index (κ3) is 4.36. The molecule has 1 aromatic rings. The van der Waals surface area contributed by atoms with Crippen molar-refractivity contribution in [2.45, 2.75) is 36.0 Å². The first kappa shape index (κ1) is 17.1. The van der Waals surface area contributed by atoms with Crippen LogP contribution in [0.3, 0.4) is 0 Å². The highest BCUT2D eigenvalue weighted by Gasteiger charge is 2.31. The predicted octanol–water partition coefficient (Wildman–Crippen LogP) is 2.62. The molecule has 21 heavy (non-hydrogen) atoms. The maximum atomic E-state index is 12.4. The Labute approximate surface area is 136 Å². The van der Waals surface area contributed by atoms with E-state index in [1.54, 1.807) is 25.2 Å². The Morgan fingerprint density at radius 3 is 2.81 bits per heavy atom. The Balaban J connectivity index is 2.13. The van der Waals surface area contributed by atoms with Gasteiger partial charge in [-0.2, -0.15) is 11.8 Å². The summed E-state index contributed by atoms with van der Waals surface area (Å²) in [5.74, 6) is 1.10. The number of hydrogen-bond donors (Lipinski definition) is 2. The number of halogens is 1. The number of thioether (sulfide) groups is 1. The molecule has 4 nitrogen and oxygen atoms in total. The van der Waals surface area contributed by atoms with Gasteiger partial charge in [0.2, 0.25) is 10.0 Å². The zero-order valence-electron chi connectivity index (χ0n) is 12.3. The summed E-state index contributed by atoms with van der Waals surface area (Å²) in [7, 11) is -1.69. The van der Waals surface area contributed by atoms with Gasteiger partial charge < -0.3 is 5.32 Å². The molecule has 0 saturated carbocycles. The minimum Gasteiger partial charge on any atom is -0.316 e. The van der Waals surface area contributed by atoms with E-state index in [4.69, 9.17) is 11.6 Å². The number of benzene rings is 1. The quantitative estimate of drug-likeness (QED) is 0.829. The van der Waals surface area contributed by atoms with Crippen molar-refractivity contribution in [2.75, 3.05) is 19.3 Å². The van der Waals surface area contributed by atoms with Crippen LogP contribution in [0, 0.1) is 0 Å². The van der Waals surface area contributed by atoms with Crippen molar-refractivity contribution in [3.8, 4) is 0 Å². The van der Waals surface area contributed by atoms with E-state index in [0.717, 1.165) is 24.2 Å². The van der Waals surface area contributed by atoms with E-state index in [9.17, 15) is 8.42 Å². The van der Waals surface area contributed by atoms with E-state index in [2.05, 4.69) is 17.0 Å². The van der Waals surface area contributed by atoms with E-state index in [1.165, 1.54) is 0 Å². The zero-order chi connectivity index (χ0) is 15.5. The van der Waals surface area contributed by atoms with E-state index < -0.39 is 10.0 Å². The summed E-state index contributed by atoms with van der Waals surface area (Å²) in [6, 6.07) is 4.81. The lowest BCUT2D eigenvalue weighted by molar-refractivity contribution is 0.552. The van der Waals surface area contributed by atoms with Crippen LogP contribution >= 0.6 is 23.4 Å². The van der Waals surface area contributed by atoms with Gasteiger partial charge in [-0.3, -0.25) is 0 Å². The molecule has 2 rings (SSSR count). The van der Waals surface area contributed by atoms with Gasteiger partial charge in [-0.05, 0) is 56.3 Å². The summed E-state index contributed by atoms with van der Waals surface area (Å²) in [5.41, 5.74) is 0.781. The van der Waals surface area contributed by atoms with Crippen molar-refractivity contribution < 1.29 is 8.42 Å². The van der Waals surface area contributed by atoms with Gasteiger partial charge in [0, 0.05) is 22.9 Å². The van der Waals surface area contributed by atoms with E-state index in [-0.39, 0.29) is 9.64 Å². The lowest BCUT2D eigenvalue weighted by atomic mass is 10.1. The molecule has 2 N–H and O–H groups in total. The van der Waals surface area contributed by atoms with Crippen molar-refractivity contribution in [3.05, 3.63) is 28.8 Å². The van der Waals surface area contributed by atoms with Crippen molar-refractivity contribution in [1.82, 2.24) is 10.0 Å². The summed E-state index contributed by atoms with van der Waals surface area (Å²) in [6.45, 7) is 3.11. The average molecular weight is 349 g/mol. The monoisotopic (exact) mass is 348 g/mol. The van der Waals surface area contributed by atoms with Gasteiger partial charge in [0.05, 0.1) is 4.90 Å². The van der Waals surface area contributed by atoms with Gasteiger partial charge in [0.25, 0.3) is 0 Å². The number of nitrogens with one attached hydrogen (secondary N) is 2. The molecule has 1 unspecified atom stereocenters. The van der Waals surface area contributed by atoms with Crippen LogP contribution in [-0.2, 0) is 16.6 Å². The van der Waals surface area contributed by atoms with Gasteiger partial charge in [0.1, 0.15) is 0 Å². The second-order valence-electron chi connectivity index (χ2n) is 5.51. The van der Waals surface area contributed by atoms with Crippen LogP contribution in [0.25, 0.3) is 0 Å². The second kappa shape index (κ2) is 6.87. The average Bonchev–Trinajstić information content (AvgIpc) is 2.87. The van der Waals surface area contributed by atoms with Gasteiger partial charge in [0.15, 0.2) is 0 Å². The largest absolute Gasteiger partial charge is 0.316 e. The van der Waals surface area contributed by atoms with Crippen molar-refractivity contribution in [1.29, 1.82) is 0 Å². The summed E-state index contributed by atoms with van der Waals surface area (Å²) < 4.78 is 27.6. The molecule has 1 heterocycles. The molecule has 1 fully saturated rings. The van der Waals surface area contributed by atoms with Gasteiger partial charge >= 0.3 is 0 Å². The molecule has 1 aromatic carbocycles. The molecular formula is C14H21ClN2O2S2. The molecule has 0 aromatic heterocycles. The molecule has 0 radical (unpaired) electrons. The molecule has 1 aliphatic rings. The molecule has 0 spiro atoms. The fraction of sp³-hybridized carbons (Fsp3) is 0.571. The summed E-state index contributed by atoms with van der Waals surface area (Å²) in [5, 5.41) is 3.55. The van der Waals surface area contributed by atoms with Crippen LogP contribution in [0.2, 0.25) is 5.02 Å². The minimum absolute atomic E-state index is 0.00724. The van der Waals surface area contributed by atoms with Gasteiger partial charge in [-0.15, -0.1) is 0 Å². The fourth-order valence-electron chi connectivity index (χ4n) is 2.35. The van der Waals surface area contributed by atoms with Crippen molar-refractivity contribution >= 4 is 33.4 Å². The lowest BCUT2D eigenvalue weighted by Crippen LogP contribution is -2.36. The standard InChI is InChI=1S/C14H21ClN2O2S2/c1-14(6-3-7-20-14)10-17-21(18,19)12-4-5-13(15)11(8-12)9-16-2/h4-5,8,16-17H,3,6-7,9-10H2,1-2H3. The number of rotatable bonds is 6. The zero-order valence-corrected chi connectivity index (χ0v) is 14.7.